The molecule has 0 saturated carbocycles. The highest BCUT2D eigenvalue weighted by Gasteiger charge is 2.35. The van der Waals surface area contributed by atoms with Gasteiger partial charge in [-0.05, 0) is 43.5 Å². The first-order chi connectivity index (χ1) is 15.5. The van der Waals surface area contributed by atoms with Crippen molar-refractivity contribution >= 4 is 21.8 Å². The van der Waals surface area contributed by atoms with E-state index in [-0.39, 0.29) is 48.5 Å². The molecule has 178 valence electrons. The van der Waals surface area contributed by atoms with Gasteiger partial charge in [-0.25, -0.2) is 12.8 Å². The Labute approximate surface area is 194 Å². The lowest BCUT2D eigenvalue weighted by Crippen LogP contribution is -2.57. The van der Waals surface area contributed by atoms with E-state index in [1.165, 1.54) is 22.5 Å². The zero-order valence-corrected chi connectivity index (χ0v) is 20.2. The van der Waals surface area contributed by atoms with Crippen molar-refractivity contribution < 1.29 is 22.4 Å². The normalized spacial score (nSPS) is 16.0. The van der Waals surface area contributed by atoms with Crippen LogP contribution in [0.2, 0.25) is 0 Å². The monoisotopic (exact) mass is 475 g/mol. The van der Waals surface area contributed by atoms with E-state index in [9.17, 15) is 22.4 Å². The highest BCUT2D eigenvalue weighted by Crippen LogP contribution is 2.22. The Balaban J connectivity index is 1.69. The summed E-state index contributed by atoms with van der Waals surface area (Å²) in [5.74, 6) is -1.85. The van der Waals surface area contributed by atoms with Gasteiger partial charge >= 0.3 is 0 Å². The number of nitrogens with one attached hydrogen (secondary N) is 1. The molecule has 3 rings (SSSR count). The van der Waals surface area contributed by atoms with Gasteiger partial charge in [0.2, 0.25) is 15.9 Å². The smallest absolute Gasteiger partial charge is 0.254 e. The number of carbonyl (C=O) groups is 2. The molecule has 0 unspecified atom stereocenters. The summed E-state index contributed by atoms with van der Waals surface area (Å²) >= 11 is 0. The van der Waals surface area contributed by atoms with E-state index in [1.54, 1.807) is 43.9 Å². The Morgan fingerprint density at radius 3 is 2.21 bits per heavy atom. The topological polar surface area (TPSA) is 86.8 Å². The fourth-order valence-electron chi connectivity index (χ4n) is 3.95. The molecular formula is C24H30FN3O4S. The fraction of sp³-hybridized carbons (Fsp3) is 0.417. The van der Waals surface area contributed by atoms with Crippen molar-refractivity contribution in [1.29, 1.82) is 0 Å². The third-order valence-corrected chi connectivity index (χ3v) is 7.90. The molecule has 33 heavy (non-hydrogen) atoms. The maximum atomic E-state index is 14.0. The van der Waals surface area contributed by atoms with Gasteiger partial charge in [0.15, 0.2) is 0 Å². The molecule has 0 aromatic heterocycles. The van der Waals surface area contributed by atoms with E-state index in [2.05, 4.69) is 5.32 Å². The summed E-state index contributed by atoms with van der Waals surface area (Å²) in [6.07, 6.45) is 0. The van der Waals surface area contributed by atoms with Gasteiger partial charge in [-0.15, -0.1) is 0 Å². The minimum atomic E-state index is -3.67. The summed E-state index contributed by atoms with van der Waals surface area (Å²) in [4.78, 5) is 27.5. The number of carbonyl (C=O) groups excluding carboxylic acids is 2. The van der Waals surface area contributed by atoms with Crippen molar-refractivity contribution in [3.8, 4) is 0 Å². The van der Waals surface area contributed by atoms with Crippen molar-refractivity contribution in [2.75, 3.05) is 26.2 Å². The van der Waals surface area contributed by atoms with Gasteiger partial charge in [0.1, 0.15) is 11.9 Å². The number of benzene rings is 2. The van der Waals surface area contributed by atoms with Crippen LogP contribution >= 0.6 is 0 Å². The molecule has 1 aliphatic rings. The maximum absolute atomic E-state index is 14.0. The van der Waals surface area contributed by atoms with E-state index in [1.807, 2.05) is 13.0 Å². The van der Waals surface area contributed by atoms with Crippen molar-refractivity contribution in [1.82, 2.24) is 14.5 Å². The molecule has 0 bridgehead atoms. The molecule has 0 radical (unpaired) electrons. The predicted molar refractivity (Wildman–Crippen MR) is 124 cm³/mol. The number of piperazine rings is 1. The highest BCUT2D eigenvalue weighted by molar-refractivity contribution is 7.89. The summed E-state index contributed by atoms with van der Waals surface area (Å²) in [6, 6.07) is 9.97. The molecule has 0 spiro atoms. The van der Waals surface area contributed by atoms with Crippen molar-refractivity contribution in [2.45, 2.75) is 38.6 Å². The van der Waals surface area contributed by atoms with Crippen LogP contribution in [0.25, 0.3) is 0 Å². The van der Waals surface area contributed by atoms with Crippen molar-refractivity contribution in [2.24, 2.45) is 5.92 Å². The molecule has 2 aromatic carbocycles. The average Bonchev–Trinajstić information content (AvgIpc) is 2.76. The van der Waals surface area contributed by atoms with Crippen molar-refractivity contribution in [3.05, 3.63) is 65.0 Å². The second-order valence-electron chi connectivity index (χ2n) is 8.67. The molecular weight excluding hydrogens is 445 g/mol. The predicted octanol–water partition coefficient (Wildman–Crippen LogP) is 2.73. The molecule has 1 aliphatic heterocycles. The van der Waals surface area contributed by atoms with Crippen LogP contribution in [0.1, 0.15) is 35.3 Å². The average molecular weight is 476 g/mol. The van der Waals surface area contributed by atoms with Gasteiger partial charge in [0.25, 0.3) is 5.91 Å². The van der Waals surface area contributed by atoms with Gasteiger partial charge in [-0.2, -0.15) is 4.31 Å². The highest BCUT2D eigenvalue weighted by atomic mass is 32.2. The molecule has 9 heteroatoms. The van der Waals surface area contributed by atoms with Crippen LogP contribution in [-0.2, 0) is 14.8 Å². The zero-order chi connectivity index (χ0) is 24.3. The summed E-state index contributed by atoms with van der Waals surface area (Å²) < 4.78 is 41.6. The third kappa shape index (κ3) is 5.42. The van der Waals surface area contributed by atoms with E-state index in [0.29, 0.717) is 5.56 Å². The first-order valence-corrected chi connectivity index (χ1v) is 12.4. The number of nitrogens with zero attached hydrogens (tertiary/aromatic N) is 2. The number of sulfonamides is 1. The molecule has 1 fully saturated rings. The second-order valence-corrected chi connectivity index (χ2v) is 10.6. The Kier molecular flexibility index (Phi) is 7.54. The fourth-order valence-corrected chi connectivity index (χ4v) is 5.58. The van der Waals surface area contributed by atoms with E-state index >= 15 is 0 Å². The molecule has 1 N–H and O–H groups in total. The maximum Gasteiger partial charge on any atom is 0.254 e. The number of amides is 2. The first kappa shape index (κ1) is 24.9. The standard InChI is InChI=1S/C24H30FN3O4S/c1-16(2)22(26-23(29)19-7-5-6-8-20(19)25)24(30)27-11-13-28(14-12-27)33(31,32)21-10-9-17(3)15-18(21)4/h5-10,15-16,22H,11-14H2,1-4H3,(H,26,29)/t22-/m0/s1. The lowest BCUT2D eigenvalue weighted by atomic mass is 10.0. The van der Waals surface area contributed by atoms with Gasteiger partial charge in [-0.1, -0.05) is 43.7 Å². The lowest BCUT2D eigenvalue weighted by molar-refractivity contribution is -0.135. The summed E-state index contributed by atoms with van der Waals surface area (Å²) in [5, 5.41) is 2.65. The van der Waals surface area contributed by atoms with Crippen LogP contribution in [0, 0.1) is 25.6 Å². The minimum absolute atomic E-state index is 0.125. The number of halogens is 1. The number of rotatable bonds is 6. The number of hydrogen-bond donors (Lipinski definition) is 1. The molecule has 1 saturated heterocycles. The summed E-state index contributed by atoms with van der Waals surface area (Å²) in [7, 11) is -3.67. The van der Waals surface area contributed by atoms with Gasteiger partial charge < -0.3 is 10.2 Å². The zero-order valence-electron chi connectivity index (χ0n) is 19.3. The van der Waals surface area contributed by atoms with Crippen LogP contribution < -0.4 is 5.32 Å². The molecule has 2 amide bonds. The molecule has 1 heterocycles. The Morgan fingerprint density at radius 2 is 1.64 bits per heavy atom. The number of hydrogen-bond acceptors (Lipinski definition) is 4. The quantitative estimate of drug-likeness (QED) is 0.696. The Bertz CT molecular complexity index is 1140. The van der Waals surface area contributed by atoms with E-state index < -0.39 is 27.8 Å². The summed E-state index contributed by atoms with van der Waals surface area (Å²) in [6.45, 7) is 8.01. The number of aryl methyl sites for hydroxylation is 2. The third-order valence-electron chi connectivity index (χ3n) is 5.84. The van der Waals surface area contributed by atoms with Crippen LogP contribution in [0.15, 0.2) is 47.4 Å². The van der Waals surface area contributed by atoms with E-state index in [4.69, 9.17) is 0 Å². The Morgan fingerprint density at radius 1 is 1.00 bits per heavy atom. The van der Waals surface area contributed by atoms with Crippen LogP contribution in [0.5, 0.6) is 0 Å². The van der Waals surface area contributed by atoms with Gasteiger partial charge in [0, 0.05) is 26.2 Å². The van der Waals surface area contributed by atoms with Gasteiger partial charge in [0.05, 0.1) is 10.5 Å². The first-order valence-electron chi connectivity index (χ1n) is 10.9. The van der Waals surface area contributed by atoms with Crippen LogP contribution in [0.4, 0.5) is 4.39 Å². The largest absolute Gasteiger partial charge is 0.340 e. The van der Waals surface area contributed by atoms with E-state index in [0.717, 1.165) is 5.56 Å². The van der Waals surface area contributed by atoms with Crippen LogP contribution in [0.3, 0.4) is 0 Å². The summed E-state index contributed by atoms with van der Waals surface area (Å²) in [5.41, 5.74) is 1.54. The van der Waals surface area contributed by atoms with Gasteiger partial charge in [-0.3, -0.25) is 9.59 Å². The minimum Gasteiger partial charge on any atom is -0.340 e. The molecule has 7 nitrogen and oxygen atoms in total. The van der Waals surface area contributed by atoms with Crippen LogP contribution in [-0.4, -0.2) is 61.7 Å². The molecule has 1 atom stereocenters. The van der Waals surface area contributed by atoms with Crippen molar-refractivity contribution in [3.63, 3.8) is 0 Å². The molecule has 0 aliphatic carbocycles. The molecule has 2 aromatic rings. The second kappa shape index (κ2) is 10.0. The SMILES string of the molecule is Cc1ccc(S(=O)(=O)N2CCN(C(=O)[C@@H](NC(=O)c3ccccc3F)C(C)C)CC2)c(C)c1. The Hall–Kier alpha value is -2.78. The lowest BCUT2D eigenvalue weighted by Gasteiger charge is -2.36.